The number of benzene rings is 2. The van der Waals surface area contributed by atoms with Crippen LogP contribution in [0.3, 0.4) is 0 Å². The predicted molar refractivity (Wildman–Crippen MR) is 101 cm³/mol. The number of anilines is 1. The molecule has 132 valence electrons. The lowest BCUT2D eigenvalue weighted by atomic mass is 10.1. The zero-order valence-corrected chi connectivity index (χ0v) is 15.0. The van der Waals surface area contributed by atoms with E-state index < -0.39 is 0 Å². The number of hydrogen-bond donors (Lipinski definition) is 2. The van der Waals surface area contributed by atoms with Crippen molar-refractivity contribution in [2.75, 3.05) is 5.32 Å². The maximum atomic E-state index is 12.3. The molecule has 0 bridgehead atoms. The average molecular weight is 389 g/mol. The van der Waals surface area contributed by atoms with Gasteiger partial charge in [0.05, 0.1) is 12.5 Å². The van der Waals surface area contributed by atoms with Gasteiger partial charge in [-0.2, -0.15) is 0 Å². The highest BCUT2D eigenvalue weighted by Crippen LogP contribution is 2.20. The van der Waals surface area contributed by atoms with Crippen LogP contribution in [-0.2, 0) is 6.54 Å². The van der Waals surface area contributed by atoms with Gasteiger partial charge >= 0.3 is 0 Å². The molecule has 0 radical (unpaired) electrons. The van der Waals surface area contributed by atoms with Gasteiger partial charge in [0.1, 0.15) is 0 Å². The lowest BCUT2D eigenvalue weighted by Gasteiger charge is -2.08. The van der Waals surface area contributed by atoms with Crippen LogP contribution < -0.4 is 10.6 Å². The third-order valence-corrected chi connectivity index (χ3v) is 4.00. The molecule has 0 atom stereocenters. The van der Waals surface area contributed by atoms with Gasteiger partial charge in [0.25, 0.3) is 11.8 Å². The van der Waals surface area contributed by atoms with E-state index in [0.29, 0.717) is 33.4 Å². The van der Waals surface area contributed by atoms with Crippen molar-refractivity contribution < 1.29 is 14.0 Å². The molecule has 2 amide bonds. The molecular formula is C19H14Cl2N2O3. The Bertz CT molecular complexity index is 902. The molecule has 0 aliphatic heterocycles. The Kier molecular flexibility index (Phi) is 5.61. The molecule has 3 aromatic rings. The molecule has 0 aliphatic carbocycles. The van der Waals surface area contributed by atoms with Gasteiger partial charge in [-0.1, -0.05) is 23.2 Å². The van der Waals surface area contributed by atoms with E-state index >= 15 is 0 Å². The van der Waals surface area contributed by atoms with Crippen molar-refractivity contribution in [3.63, 3.8) is 0 Å². The van der Waals surface area contributed by atoms with Gasteiger partial charge in [0, 0.05) is 39.0 Å². The Hall–Kier alpha value is -2.76. The predicted octanol–water partition coefficient (Wildman–Crippen LogP) is 4.77. The highest BCUT2D eigenvalue weighted by Gasteiger charge is 2.10. The lowest BCUT2D eigenvalue weighted by Crippen LogP contribution is -2.22. The maximum Gasteiger partial charge on any atom is 0.255 e. The van der Waals surface area contributed by atoms with Gasteiger partial charge in [-0.3, -0.25) is 9.59 Å². The summed E-state index contributed by atoms with van der Waals surface area (Å²) in [6, 6.07) is 12.9. The van der Waals surface area contributed by atoms with Crippen molar-refractivity contribution in [2.24, 2.45) is 0 Å². The largest absolute Gasteiger partial charge is 0.472 e. The Labute approximate surface area is 159 Å². The van der Waals surface area contributed by atoms with E-state index in [-0.39, 0.29) is 11.8 Å². The first-order valence-corrected chi connectivity index (χ1v) is 8.43. The zero-order chi connectivity index (χ0) is 18.5. The first kappa shape index (κ1) is 18.0. The van der Waals surface area contributed by atoms with Crippen LogP contribution in [0.1, 0.15) is 26.3 Å². The minimum Gasteiger partial charge on any atom is -0.472 e. The number of nitrogens with one attached hydrogen (secondary N) is 2. The molecule has 0 fully saturated rings. The number of amides is 2. The van der Waals surface area contributed by atoms with Crippen LogP contribution >= 0.6 is 23.2 Å². The Balaban J connectivity index is 1.61. The van der Waals surface area contributed by atoms with Crippen LogP contribution in [-0.4, -0.2) is 11.8 Å². The molecule has 0 spiro atoms. The van der Waals surface area contributed by atoms with E-state index in [2.05, 4.69) is 10.6 Å². The monoisotopic (exact) mass is 388 g/mol. The number of carbonyl (C=O) groups is 2. The normalized spacial score (nSPS) is 10.4. The molecule has 5 nitrogen and oxygen atoms in total. The highest BCUT2D eigenvalue weighted by atomic mass is 35.5. The van der Waals surface area contributed by atoms with E-state index in [4.69, 9.17) is 27.6 Å². The van der Waals surface area contributed by atoms with Crippen molar-refractivity contribution >= 4 is 40.7 Å². The minimum atomic E-state index is -0.341. The average Bonchev–Trinajstić information content (AvgIpc) is 3.13. The molecule has 1 heterocycles. The van der Waals surface area contributed by atoms with Crippen molar-refractivity contribution in [1.29, 1.82) is 0 Å². The highest BCUT2D eigenvalue weighted by molar-refractivity contribution is 6.35. The summed E-state index contributed by atoms with van der Waals surface area (Å²) in [7, 11) is 0. The van der Waals surface area contributed by atoms with E-state index in [1.54, 1.807) is 48.9 Å². The molecule has 2 aromatic carbocycles. The van der Waals surface area contributed by atoms with Crippen LogP contribution in [0.2, 0.25) is 10.0 Å². The number of hydrogen-bond acceptors (Lipinski definition) is 3. The number of furan rings is 1. The molecule has 0 saturated carbocycles. The van der Waals surface area contributed by atoms with Crippen LogP contribution in [0.4, 0.5) is 5.69 Å². The fourth-order valence-electron chi connectivity index (χ4n) is 2.27. The van der Waals surface area contributed by atoms with Crippen LogP contribution in [0.15, 0.2) is 65.5 Å². The smallest absolute Gasteiger partial charge is 0.255 e. The summed E-state index contributed by atoms with van der Waals surface area (Å²) in [5, 5.41) is 6.28. The fourth-order valence-corrected chi connectivity index (χ4v) is 2.80. The Morgan fingerprint density at radius 2 is 1.58 bits per heavy atom. The minimum absolute atomic E-state index is 0.217. The summed E-state index contributed by atoms with van der Waals surface area (Å²) in [6.07, 6.45) is 3.12. The van der Waals surface area contributed by atoms with Gasteiger partial charge in [-0.05, 0) is 48.5 Å². The van der Waals surface area contributed by atoms with Crippen LogP contribution in [0, 0.1) is 0 Å². The molecule has 26 heavy (non-hydrogen) atoms. The first-order valence-electron chi connectivity index (χ1n) is 7.68. The summed E-state index contributed by atoms with van der Waals surface area (Å²) in [5.74, 6) is -0.558. The second kappa shape index (κ2) is 8.08. The maximum absolute atomic E-state index is 12.3. The topological polar surface area (TPSA) is 71.3 Å². The second-order valence-electron chi connectivity index (χ2n) is 5.50. The number of halogens is 2. The van der Waals surface area contributed by atoms with Crippen LogP contribution in [0.25, 0.3) is 0 Å². The molecule has 7 heteroatoms. The van der Waals surface area contributed by atoms with E-state index in [0.717, 1.165) is 5.56 Å². The lowest BCUT2D eigenvalue weighted by molar-refractivity contribution is 0.0950. The SMILES string of the molecule is O=C(NCc1ccoc1)c1ccc(NC(=O)c2cc(Cl)cc(Cl)c2)cc1. The first-order chi connectivity index (χ1) is 12.5. The Morgan fingerprint density at radius 3 is 2.19 bits per heavy atom. The van der Waals surface area contributed by atoms with Crippen molar-refractivity contribution in [3.8, 4) is 0 Å². The Morgan fingerprint density at radius 1 is 0.885 bits per heavy atom. The van der Waals surface area contributed by atoms with Gasteiger partial charge in [0.15, 0.2) is 0 Å². The van der Waals surface area contributed by atoms with Crippen molar-refractivity contribution in [2.45, 2.75) is 6.54 Å². The summed E-state index contributed by atoms with van der Waals surface area (Å²) in [5.41, 5.74) is 2.27. The molecule has 0 unspecified atom stereocenters. The second-order valence-corrected chi connectivity index (χ2v) is 6.38. The van der Waals surface area contributed by atoms with Gasteiger partial charge in [-0.15, -0.1) is 0 Å². The van der Waals surface area contributed by atoms with E-state index in [1.807, 2.05) is 0 Å². The quantitative estimate of drug-likeness (QED) is 0.661. The van der Waals surface area contributed by atoms with Gasteiger partial charge in [-0.25, -0.2) is 0 Å². The van der Waals surface area contributed by atoms with E-state index in [9.17, 15) is 9.59 Å². The fraction of sp³-hybridized carbons (Fsp3) is 0.0526. The molecule has 3 rings (SSSR count). The van der Waals surface area contributed by atoms with E-state index in [1.165, 1.54) is 12.1 Å². The molecular weight excluding hydrogens is 375 g/mol. The number of carbonyl (C=O) groups excluding carboxylic acids is 2. The molecule has 0 saturated heterocycles. The van der Waals surface area contributed by atoms with Crippen molar-refractivity contribution in [3.05, 3.63) is 87.8 Å². The summed E-state index contributed by atoms with van der Waals surface area (Å²) in [4.78, 5) is 24.4. The van der Waals surface area contributed by atoms with Crippen LogP contribution in [0.5, 0.6) is 0 Å². The zero-order valence-electron chi connectivity index (χ0n) is 13.5. The third kappa shape index (κ3) is 4.65. The number of rotatable bonds is 5. The van der Waals surface area contributed by atoms with Gasteiger partial charge < -0.3 is 15.1 Å². The molecule has 1 aromatic heterocycles. The summed E-state index contributed by atoms with van der Waals surface area (Å²) < 4.78 is 4.95. The van der Waals surface area contributed by atoms with Gasteiger partial charge in [0.2, 0.25) is 0 Å². The summed E-state index contributed by atoms with van der Waals surface area (Å²) in [6.45, 7) is 0.378. The standard InChI is InChI=1S/C19H14Cl2N2O3/c20-15-7-14(8-16(21)9-15)19(25)23-17-3-1-13(2-4-17)18(24)22-10-12-5-6-26-11-12/h1-9,11H,10H2,(H,22,24)(H,23,25). The third-order valence-electron chi connectivity index (χ3n) is 3.56. The molecule has 0 aliphatic rings. The summed E-state index contributed by atoms with van der Waals surface area (Å²) >= 11 is 11.8. The van der Waals surface area contributed by atoms with Crippen molar-refractivity contribution in [1.82, 2.24) is 5.32 Å². The molecule has 2 N–H and O–H groups in total.